The normalized spacial score (nSPS) is 16.4. The Hall–Kier alpha value is -0.610. The minimum Gasteiger partial charge on any atom is -0.350 e. The van der Waals surface area contributed by atoms with E-state index in [9.17, 15) is 13.2 Å². The molecule has 1 aliphatic rings. The number of nitrogens with one attached hydrogen (secondary N) is 2. The zero-order valence-electron chi connectivity index (χ0n) is 13.2. The van der Waals surface area contributed by atoms with Crippen molar-refractivity contribution >= 4 is 39.0 Å². The van der Waals surface area contributed by atoms with Crippen molar-refractivity contribution in [2.45, 2.75) is 18.2 Å². The highest BCUT2D eigenvalue weighted by atomic mass is 32.2. The molecule has 2 heterocycles. The van der Waals surface area contributed by atoms with Crippen LogP contribution in [0.25, 0.3) is 0 Å². The molecule has 6 nitrogen and oxygen atoms in total. The van der Waals surface area contributed by atoms with Crippen molar-refractivity contribution in [1.29, 1.82) is 0 Å². The standard InChI is InChI=1S/C14H23N3O3S3/c1-2-4-15-5-6-16-14(18)13-12(3-9-22-13)23(19,20)17-7-10-21-11-8-17/h3,9,15H,2,4-8,10-11H2,1H3,(H,16,18). The van der Waals surface area contributed by atoms with E-state index in [2.05, 4.69) is 17.6 Å². The molecule has 1 aromatic heterocycles. The van der Waals surface area contributed by atoms with Gasteiger partial charge in [0.25, 0.3) is 5.91 Å². The van der Waals surface area contributed by atoms with Gasteiger partial charge < -0.3 is 10.6 Å². The van der Waals surface area contributed by atoms with Crippen LogP contribution in [-0.4, -0.2) is 62.9 Å². The molecule has 0 atom stereocenters. The maximum absolute atomic E-state index is 12.7. The van der Waals surface area contributed by atoms with Gasteiger partial charge in [-0.3, -0.25) is 4.79 Å². The van der Waals surface area contributed by atoms with Crippen LogP contribution in [-0.2, 0) is 10.0 Å². The second-order valence-corrected chi connectivity index (χ2v) is 9.18. The molecule has 2 rings (SSSR count). The van der Waals surface area contributed by atoms with Crippen LogP contribution in [0.5, 0.6) is 0 Å². The van der Waals surface area contributed by atoms with Gasteiger partial charge >= 0.3 is 0 Å². The number of amides is 1. The van der Waals surface area contributed by atoms with Crippen molar-refractivity contribution in [3.8, 4) is 0 Å². The van der Waals surface area contributed by atoms with Crippen LogP contribution >= 0.6 is 23.1 Å². The van der Waals surface area contributed by atoms with Crippen molar-refractivity contribution in [3.63, 3.8) is 0 Å². The lowest BCUT2D eigenvalue weighted by atomic mass is 10.4. The topological polar surface area (TPSA) is 78.5 Å². The van der Waals surface area contributed by atoms with Crippen molar-refractivity contribution < 1.29 is 13.2 Å². The molecule has 2 N–H and O–H groups in total. The number of hydrogen-bond acceptors (Lipinski definition) is 6. The highest BCUT2D eigenvalue weighted by Gasteiger charge is 2.30. The van der Waals surface area contributed by atoms with E-state index in [1.807, 2.05) is 0 Å². The van der Waals surface area contributed by atoms with E-state index in [0.717, 1.165) is 24.5 Å². The highest BCUT2D eigenvalue weighted by molar-refractivity contribution is 7.99. The van der Waals surface area contributed by atoms with Gasteiger partial charge in [-0.05, 0) is 24.4 Å². The summed E-state index contributed by atoms with van der Waals surface area (Å²) >= 11 is 2.92. The first-order chi connectivity index (χ1) is 11.1. The van der Waals surface area contributed by atoms with Gasteiger partial charge in [0.1, 0.15) is 9.77 Å². The summed E-state index contributed by atoms with van der Waals surface area (Å²) in [5.41, 5.74) is 0. The number of hydrogen-bond donors (Lipinski definition) is 2. The molecule has 0 radical (unpaired) electrons. The van der Waals surface area contributed by atoms with Gasteiger partial charge in [0.05, 0.1) is 0 Å². The molecule has 9 heteroatoms. The molecule has 1 aliphatic heterocycles. The Morgan fingerprint density at radius 1 is 1.26 bits per heavy atom. The van der Waals surface area contributed by atoms with E-state index in [1.54, 1.807) is 17.1 Å². The predicted octanol–water partition coefficient (Wildman–Crippen LogP) is 1.22. The Morgan fingerprint density at radius 3 is 2.70 bits per heavy atom. The minimum atomic E-state index is -3.58. The van der Waals surface area contributed by atoms with Gasteiger partial charge in [-0.15, -0.1) is 11.3 Å². The first-order valence-corrected chi connectivity index (χ1v) is 11.2. The van der Waals surface area contributed by atoms with E-state index >= 15 is 0 Å². The van der Waals surface area contributed by atoms with Gasteiger partial charge in [-0.1, -0.05) is 6.92 Å². The molecule has 0 saturated carbocycles. The third-order valence-corrected chi connectivity index (χ3v) is 7.36. The van der Waals surface area contributed by atoms with Crippen molar-refractivity contribution in [1.82, 2.24) is 14.9 Å². The van der Waals surface area contributed by atoms with E-state index in [0.29, 0.717) is 26.2 Å². The molecule has 0 bridgehead atoms. The minimum absolute atomic E-state index is 0.133. The quantitative estimate of drug-likeness (QED) is 0.666. The molecular weight excluding hydrogens is 354 g/mol. The monoisotopic (exact) mass is 377 g/mol. The van der Waals surface area contributed by atoms with Crippen molar-refractivity contribution in [2.75, 3.05) is 44.2 Å². The van der Waals surface area contributed by atoms with Crippen LogP contribution in [0.2, 0.25) is 0 Å². The lowest BCUT2D eigenvalue weighted by Crippen LogP contribution is -2.39. The molecule has 0 unspecified atom stereocenters. The number of carbonyl (C=O) groups excluding carboxylic acids is 1. The number of carbonyl (C=O) groups is 1. The molecule has 1 amide bonds. The number of rotatable bonds is 8. The zero-order chi connectivity index (χ0) is 16.7. The number of sulfonamides is 1. The van der Waals surface area contributed by atoms with Gasteiger partial charge in [0, 0.05) is 37.7 Å². The van der Waals surface area contributed by atoms with Crippen LogP contribution in [0.3, 0.4) is 0 Å². The molecule has 1 aromatic rings. The molecule has 1 saturated heterocycles. The first kappa shape index (κ1) is 18.7. The lowest BCUT2D eigenvalue weighted by Gasteiger charge is -2.25. The van der Waals surface area contributed by atoms with E-state index < -0.39 is 10.0 Å². The van der Waals surface area contributed by atoms with Gasteiger partial charge in [-0.25, -0.2) is 8.42 Å². The van der Waals surface area contributed by atoms with Crippen LogP contribution in [0.4, 0.5) is 0 Å². The van der Waals surface area contributed by atoms with Gasteiger partial charge in [-0.2, -0.15) is 16.1 Å². The summed E-state index contributed by atoms with van der Waals surface area (Å²) in [4.78, 5) is 12.7. The molecule has 1 fully saturated rings. The molecular formula is C14H23N3O3S3. The maximum Gasteiger partial charge on any atom is 0.262 e. The Kier molecular flexibility index (Phi) is 7.35. The molecule has 130 valence electrons. The largest absolute Gasteiger partial charge is 0.350 e. The SMILES string of the molecule is CCCNCCNC(=O)c1sccc1S(=O)(=O)N1CCSCC1. The highest BCUT2D eigenvalue weighted by Crippen LogP contribution is 2.26. The number of thioether (sulfide) groups is 1. The summed E-state index contributed by atoms with van der Waals surface area (Å²) < 4.78 is 26.9. The van der Waals surface area contributed by atoms with Crippen LogP contribution in [0.15, 0.2) is 16.3 Å². The molecule has 0 spiro atoms. The third kappa shape index (κ3) is 4.93. The Morgan fingerprint density at radius 2 is 2.00 bits per heavy atom. The van der Waals surface area contributed by atoms with E-state index in [1.165, 1.54) is 21.7 Å². The van der Waals surface area contributed by atoms with Gasteiger partial charge in [0.2, 0.25) is 10.0 Å². The second kappa shape index (κ2) is 9.03. The van der Waals surface area contributed by atoms with Crippen LogP contribution in [0, 0.1) is 0 Å². The summed E-state index contributed by atoms with van der Waals surface area (Å²) in [7, 11) is -3.58. The average molecular weight is 378 g/mol. The summed E-state index contributed by atoms with van der Waals surface area (Å²) in [6.45, 7) is 5.15. The fourth-order valence-corrected chi connectivity index (χ4v) is 6.13. The predicted molar refractivity (Wildman–Crippen MR) is 95.9 cm³/mol. The Labute approximate surface area is 146 Å². The van der Waals surface area contributed by atoms with Crippen molar-refractivity contribution in [2.24, 2.45) is 0 Å². The zero-order valence-corrected chi connectivity index (χ0v) is 15.7. The average Bonchev–Trinajstić information content (AvgIpc) is 3.06. The summed E-state index contributed by atoms with van der Waals surface area (Å²) in [6, 6.07) is 1.53. The van der Waals surface area contributed by atoms with Crippen LogP contribution in [0.1, 0.15) is 23.0 Å². The van der Waals surface area contributed by atoms with E-state index in [-0.39, 0.29) is 15.7 Å². The smallest absolute Gasteiger partial charge is 0.262 e. The van der Waals surface area contributed by atoms with Crippen LogP contribution < -0.4 is 10.6 Å². The second-order valence-electron chi connectivity index (χ2n) is 5.14. The molecule has 23 heavy (non-hydrogen) atoms. The third-order valence-electron chi connectivity index (χ3n) is 3.44. The fourth-order valence-electron chi connectivity index (χ4n) is 2.24. The first-order valence-electron chi connectivity index (χ1n) is 7.71. The van der Waals surface area contributed by atoms with Gasteiger partial charge in [0.15, 0.2) is 0 Å². The summed E-state index contributed by atoms with van der Waals surface area (Å²) in [5, 5.41) is 7.64. The Balaban J connectivity index is 2.02. The molecule has 0 aliphatic carbocycles. The summed E-state index contributed by atoms with van der Waals surface area (Å²) in [6.07, 6.45) is 1.04. The summed E-state index contributed by atoms with van der Waals surface area (Å²) in [5.74, 6) is 1.28. The maximum atomic E-state index is 12.7. The number of nitrogens with zero attached hydrogens (tertiary/aromatic N) is 1. The lowest BCUT2D eigenvalue weighted by molar-refractivity contribution is 0.0955. The molecule has 0 aromatic carbocycles. The Bertz CT molecular complexity index is 610. The fraction of sp³-hybridized carbons (Fsp3) is 0.643. The van der Waals surface area contributed by atoms with Crippen molar-refractivity contribution in [3.05, 3.63) is 16.3 Å². The number of thiophene rings is 1. The van der Waals surface area contributed by atoms with E-state index in [4.69, 9.17) is 0 Å².